The van der Waals surface area contributed by atoms with E-state index in [1.165, 1.54) is 5.56 Å². The quantitative estimate of drug-likeness (QED) is 0.689. The highest BCUT2D eigenvalue weighted by Crippen LogP contribution is 2.18. The predicted molar refractivity (Wildman–Crippen MR) is 103 cm³/mol. The van der Waals surface area contributed by atoms with Crippen LogP contribution in [0.5, 0.6) is 0 Å². The first-order valence-corrected chi connectivity index (χ1v) is 9.74. The second kappa shape index (κ2) is 7.53. The summed E-state index contributed by atoms with van der Waals surface area (Å²) < 4.78 is 27.3. The number of benzene rings is 2. The Kier molecular flexibility index (Phi) is 5.18. The van der Waals surface area contributed by atoms with Gasteiger partial charge >= 0.3 is 0 Å². The van der Waals surface area contributed by atoms with E-state index in [0.717, 1.165) is 17.7 Å². The second-order valence-corrected chi connectivity index (χ2v) is 7.58. The molecule has 134 valence electrons. The monoisotopic (exact) mass is 368 g/mol. The molecule has 0 saturated heterocycles. The Morgan fingerprint density at radius 1 is 0.846 bits per heavy atom. The van der Waals surface area contributed by atoms with Crippen LogP contribution in [-0.4, -0.2) is 18.6 Å². The van der Waals surface area contributed by atoms with Crippen LogP contribution in [-0.2, 0) is 16.4 Å². The minimum Gasteiger partial charge on any atom is -0.339 e. The maximum absolute atomic E-state index is 12.4. The minimum absolute atomic E-state index is 0.166. The average Bonchev–Trinajstić information content (AvgIpc) is 2.65. The van der Waals surface area contributed by atoms with Crippen molar-refractivity contribution in [2.24, 2.45) is 0 Å². The van der Waals surface area contributed by atoms with Crippen molar-refractivity contribution in [3.63, 3.8) is 0 Å². The van der Waals surface area contributed by atoms with E-state index in [2.05, 4.69) is 20.2 Å². The lowest BCUT2D eigenvalue weighted by molar-refractivity contribution is 0.601. The van der Waals surface area contributed by atoms with Crippen LogP contribution < -0.4 is 10.0 Å². The summed E-state index contributed by atoms with van der Waals surface area (Å²) in [6, 6.07) is 17.9. The van der Waals surface area contributed by atoms with Gasteiger partial charge < -0.3 is 5.32 Å². The Morgan fingerprint density at radius 2 is 1.46 bits per heavy atom. The fourth-order valence-electron chi connectivity index (χ4n) is 2.34. The molecule has 7 heteroatoms. The van der Waals surface area contributed by atoms with Gasteiger partial charge in [-0.3, -0.25) is 4.72 Å². The van der Waals surface area contributed by atoms with E-state index in [4.69, 9.17) is 0 Å². The summed E-state index contributed by atoms with van der Waals surface area (Å²) in [6.07, 6.45) is 0.856. The van der Waals surface area contributed by atoms with Crippen LogP contribution in [0.2, 0.25) is 0 Å². The molecular weight excluding hydrogens is 348 g/mol. The number of nitrogens with zero attached hydrogens (tertiary/aromatic N) is 2. The lowest BCUT2D eigenvalue weighted by atomic mass is 10.2. The van der Waals surface area contributed by atoms with Gasteiger partial charge in [-0.1, -0.05) is 36.8 Å². The fraction of sp³-hybridized carbons (Fsp3) is 0.158. The first kappa shape index (κ1) is 17.9. The molecule has 6 nitrogen and oxygen atoms in total. The predicted octanol–water partition coefficient (Wildman–Crippen LogP) is 3.89. The molecule has 2 N–H and O–H groups in total. The van der Waals surface area contributed by atoms with Crippen molar-refractivity contribution in [3.8, 4) is 0 Å². The first-order chi connectivity index (χ1) is 12.5. The number of sulfonamides is 1. The zero-order chi connectivity index (χ0) is 18.6. The SMILES string of the molecule is CCc1ccc(S(=O)(=O)Nc2ccc(Nc3ccc(C)cc3)nn2)cc1. The molecule has 0 atom stereocenters. The molecule has 3 aromatic rings. The number of aryl methyl sites for hydroxylation is 2. The Bertz CT molecular complexity index is 968. The Labute approximate surface area is 153 Å². The normalized spacial score (nSPS) is 11.2. The third-order valence-corrected chi connectivity index (χ3v) is 5.24. The van der Waals surface area contributed by atoms with Crippen molar-refractivity contribution in [3.05, 3.63) is 71.8 Å². The topological polar surface area (TPSA) is 84.0 Å². The van der Waals surface area contributed by atoms with E-state index >= 15 is 0 Å². The van der Waals surface area contributed by atoms with Crippen molar-refractivity contribution in [1.29, 1.82) is 0 Å². The van der Waals surface area contributed by atoms with Crippen molar-refractivity contribution in [1.82, 2.24) is 10.2 Å². The minimum atomic E-state index is -3.69. The van der Waals surface area contributed by atoms with Crippen LogP contribution in [0.15, 0.2) is 65.6 Å². The van der Waals surface area contributed by atoms with Gasteiger partial charge in [-0.25, -0.2) is 8.42 Å². The molecule has 0 bridgehead atoms. The number of aromatic nitrogens is 2. The van der Waals surface area contributed by atoms with Crippen LogP contribution in [0, 0.1) is 6.92 Å². The highest BCUT2D eigenvalue weighted by molar-refractivity contribution is 7.92. The number of nitrogens with one attached hydrogen (secondary N) is 2. The van der Waals surface area contributed by atoms with Crippen molar-refractivity contribution in [2.45, 2.75) is 25.2 Å². The first-order valence-electron chi connectivity index (χ1n) is 8.25. The summed E-state index contributed by atoms with van der Waals surface area (Å²) >= 11 is 0. The van der Waals surface area contributed by atoms with E-state index in [9.17, 15) is 8.42 Å². The molecule has 0 aliphatic carbocycles. The molecule has 26 heavy (non-hydrogen) atoms. The summed E-state index contributed by atoms with van der Waals surface area (Å²) in [6.45, 7) is 4.03. The molecule has 0 spiro atoms. The fourth-order valence-corrected chi connectivity index (χ4v) is 3.34. The zero-order valence-electron chi connectivity index (χ0n) is 14.6. The molecule has 1 aromatic heterocycles. The molecule has 0 aliphatic rings. The van der Waals surface area contributed by atoms with Gasteiger partial charge in [0.05, 0.1) is 4.90 Å². The Morgan fingerprint density at radius 3 is 2.04 bits per heavy atom. The van der Waals surface area contributed by atoms with Gasteiger partial charge in [-0.2, -0.15) is 0 Å². The third-order valence-electron chi connectivity index (χ3n) is 3.87. The second-order valence-electron chi connectivity index (χ2n) is 5.90. The number of rotatable bonds is 6. The Hall–Kier alpha value is -2.93. The van der Waals surface area contributed by atoms with Gasteiger partial charge in [0.25, 0.3) is 10.0 Å². The largest absolute Gasteiger partial charge is 0.339 e. The van der Waals surface area contributed by atoms with Crippen LogP contribution in [0.4, 0.5) is 17.3 Å². The molecule has 2 aromatic carbocycles. The van der Waals surface area contributed by atoms with Crippen molar-refractivity contribution < 1.29 is 8.42 Å². The molecule has 0 unspecified atom stereocenters. The maximum Gasteiger partial charge on any atom is 0.263 e. The number of hydrogen-bond acceptors (Lipinski definition) is 5. The molecule has 1 heterocycles. The molecular formula is C19H20N4O2S. The molecule has 0 aliphatic heterocycles. The summed E-state index contributed by atoms with van der Waals surface area (Å²) in [4.78, 5) is 0.193. The van der Waals surface area contributed by atoms with Crippen molar-refractivity contribution >= 4 is 27.3 Å². The summed E-state index contributed by atoms with van der Waals surface area (Å²) in [5.74, 6) is 0.697. The van der Waals surface area contributed by atoms with Crippen LogP contribution >= 0.6 is 0 Å². The molecule has 3 rings (SSSR count). The van der Waals surface area contributed by atoms with E-state index < -0.39 is 10.0 Å². The molecule has 0 fully saturated rings. The summed E-state index contributed by atoms with van der Waals surface area (Å²) in [5, 5.41) is 11.1. The smallest absolute Gasteiger partial charge is 0.263 e. The third kappa shape index (κ3) is 4.37. The highest BCUT2D eigenvalue weighted by atomic mass is 32.2. The van der Waals surface area contributed by atoms with Crippen LogP contribution in [0.1, 0.15) is 18.1 Å². The maximum atomic E-state index is 12.4. The van der Waals surface area contributed by atoms with E-state index in [1.807, 2.05) is 38.1 Å². The zero-order valence-corrected chi connectivity index (χ0v) is 15.4. The number of hydrogen-bond donors (Lipinski definition) is 2. The van der Waals surface area contributed by atoms with Gasteiger partial charge in [0.1, 0.15) is 0 Å². The van der Waals surface area contributed by atoms with E-state index in [1.54, 1.807) is 36.4 Å². The molecule has 0 amide bonds. The van der Waals surface area contributed by atoms with Gasteiger partial charge in [0.2, 0.25) is 0 Å². The standard InChI is InChI=1S/C19H20N4O2S/c1-3-15-6-10-17(11-7-15)26(24,25)23-19-13-12-18(21-22-19)20-16-8-4-14(2)5-9-16/h4-13H,3H2,1-2H3,(H,20,21)(H,22,23). The van der Waals surface area contributed by atoms with Crippen molar-refractivity contribution in [2.75, 3.05) is 10.0 Å². The van der Waals surface area contributed by atoms with Gasteiger partial charge in [0.15, 0.2) is 11.6 Å². The highest BCUT2D eigenvalue weighted by Gasteiger charge is 2.15. The van der Waals surface area contributed by atoms with E-state index in [0.29, 0.717) is 5.82 Å². The number of anilines is 3. The van der Waals surface area contributed by atoms with Crippen LogP contribution in [0.25, 0.3) is 0 Å². The van der Waals surface area contributed by atoms with Gasteiger partial charge in [-0.15, -0.1) is 10.2 Å². The Balaban J connectivity index is 1.70. The van der Waals surface area contributed by atoms with E-state index in [-0.39, 0.29) is 10.7 Å². The molecule has 0 saturated carbocycles. The lowest BCUT2D eigenvalue weighted by Crippen LogP contribution is -2.14. The van der Waals surface area contributed by atoms with Gasteiger partial charge in [0, 0.05) is 5.69 Å². The van der Waals surface area contributed by atoms with Crippen LogP contribution in [0.3, 0.4) is 0 Å². The summed E-state index contributed by atoms with van der Waals surface area (Å²) in [5.41, 5.74) is 3.13. The molecule has 0 radical (unpaired) electrons. The summed E-state index contributed by atoms with van der Waals surface area (Å²) in [7, 11) is -3.69. The average molecular weight is 368 g/mol. The van der Waals surface area contributed by atoms with Gasteiger partial charge in [-0.05, 0) is 55.3 Å². The lowest BCUT2D eigenvalue weighted by Gasteiger charge is -2.09.